The van der Waals surface area contributed by atoms with E-state index in [0.717, 1.165) is 29.4 Å². The number of nitrogens with one attached hydrogen (secondary N) is 1. The first kappa shape index (κ1) is 17.0. The molecule has 2 aromatic rings. The number of benzene rings is 1. The number of nitrogens with zero attached hydrogens (tertiary/aromatic N) is 2. The van der Waals surface area contributed by atoms with E-state index >= 15 is 0 Å². The SMILES string of the molecule is C[C@H](C(=O)Nc1nc2ccc(CO)cc2n1C1CCC1)C(C)(C)C. The minimum Gasteiger partial charge on any atom is -0.392 e. The second-order valence-electron chi connectivity index (χ2n) is 7.95. The number of aromatic nitrogens is 2. The number of aliphatic hydroxyl groups excluding tert-OH is 1. The van der Waals surface area contributed by atoms with Gasteiger partial charge in [0.1, 0.15) is 0 Å². The summed E-state index contributed by atoms with van der Waals surface area (Å²) in [6, 6.07) is 6.15. The molecular weight excluding hydrogens is 302 g/mol. The molecule has 0 bridgehead atoms. The fourth-order valence-electron chi connectivity index (χ4n) is 2.95. The Balaban J connectivity index is 1.99. The summed E-state index contributed by atoms with van der Waals surface area (Å²) in [5.74, 6) is 0.520. The molecule has 1 fully saturated rings. The molecule has 2 N–H and O–H groups in total. The molecule has 0 unspecified atom stereocenters. The topological polar surface area (TPSA) is 67.2 Å². The van der Waals surface area contributed by atoms with Gasteiger partial charge in [0, 0.05) is 12.0 Å². The van der Waals surface area contributed by atoms with E-state index in [1.165, 1.54) is 6.42 Å². The van der Waals surface area contributed by atoms with Gasteiger partial charge < -0.3 is 9.67 Å². The molecule has 0 radical (unpaired) electrons. The molecule has 1 atom stereocenters. The summed E-state index contributed by atoms with van der Waals surface area (Å²) in [4.78, 5) is 17.3. The first-order chi connectivity index (χ1) is 11.3. The molecule has 1 heterocycles. The molecule has 1 amide bonds. The Morgan fingerprint density at radius 3 is 2.67 bits per heavy atom. The van der Waals surface area contributed by atoms with Gasteiger partial charge in [-0.2, -0.15) is 0 Å². The van der Waals surface area contributed by atoms with Crippen molar-refractivity contribution in [3.63, 3.8) is 0 Å². The minimum atomic E-state index is -0.111. The van der Waals surface area contributed by atoms with Crippen molar-refractivity contribution in [3.05, 3.63) is 23.8 Å². The van der Waals surface area contributed by atoms with Gasteiger partial charge in [0.05, 0.1) is 17.6 Å². The summed E-state index contributed by atoms with van der Waals surface area (Å²) in [5, 5.41) is 12.5. The highest BCUT2D eigenvalue weighted by Crippen LogP contribution is 2.38. The zero-order valence-corrected chi connectivity index (χ0v) is 15.0. The standard InChI is InChI=1S/C19H27N3O2/c1-12(19(2,3)4)17(24)21-18-20-15-9-8-13(11-23)10-16(15)22(18)14-6-5-7-14/h8-10,12,14,23H,5-7,11H2,1-4H3,(H,20,21,24)/t12-/m1/s1. The van der Waals surface area contributed by atoms with Crippen LogP contribution in [-0.2, 0) is 11.4 Å². The lowest BCUT2D eigenvalue weighted by Crippen LogP contribution is -2.32. The number of imidazole rings is 1. The predicted octanol–water partition coefficient (Wildman–Crippen LogP) is 3.87. The number of carbonyl (C=O) groups is 1. The number of carbonyl (C=O) groups excluding carboxylic acids is 1. The zero-order chi connectivity index (χ0) is 17.5. The Hall–Kier alpha value is -1.88. The monoisotopic (exact) mass is 329 g/mol. The Morgan fingerprint density at radius 1 is 1.42 bits per heavy atom. The highest BCUT2D eigenvalue weighted by Gasteiger charge is 2.30. The number of hydrogen-bond donors (Lipinski definition) is 2. The van der Waals surface area contributed by atoms with Gasteiger partial charge in [-0.15, -0.1) is 0 Å². The van der Waals surface area contributed by atoms with Crippen LogP contribution >= 0.6 is 0 Å². The average Bonchev–Trinajstić information content (AvgIpc) is 2.81. The van der Waals surface area contributed by atoms with Crippen molar-refractivity contribution >= 4 is 22.9 Å². The summed E-state index contributed by atoms with van der Waals surface area (Å²) in [6.45, 7) is 8.17. The van der Waals surface area contributed by atoms with Crippen molar-refractivity contribution in [2.24, 2.45) is 11.3 Å². The van der Waals surface area contributed by atoms with E-state index in [1.807, 2.05) is 25.1 Å². The molecule has 5 heteroatoms. The molecular formula is C19H27N3O2. The van der Waals surface area contributed by atoms with Crippen molar-refractivity contribution in [2.75, 3.05) is 5.32 Å². The summed E-state index contributed by atoms with van der Waals surface area (Å²) in [6.07, 6.45) is 3.41. The van der Waals surface area contributed by atoms with Crippen molar-refractivity contribution in [1.82, 2.24) is 9.55 Å². The van der Waals surface area contributed by atoms with Gasteiger partial charge >= 0.3 is 0 Å². The van der Waals surface area contributed by atoms with Crippen LogP contribution in [0.1, 0.15) is 58.6 Å². The van der Waals surface area contributed by atoms with Crippen LogP contribution in [0.15, 0.2) is 18.2 Å². The Labute approximate surface area is 143 Å². The van der Waals surface area contributed by atoms with Crippen LogP contribution < -0.4 is 5.32 Å². The van der Waals surface area contributed by atoms with E-state index in [1.54, 1.807) is 0 Å². The fraction of sp³-hybridized carbons (Fsp3) is 0.579. The van der Waals surface area contributed by atoms with E-state index in [9.17, 15) is 9.90 Å². The van der Waals surface area contributed by atoms with Gasteiger partial charge in [-0.1, -0.05) is 33.8 Å². The van der Waals surface area contributed by atoms with E-state index in [-0.39, 0.29) is 23.8 Å². The van der Waals surface area contributed by atoms with Gasteiger partial charge in [-0.05, 0) is 42.4 Å². The number of aliphatic hydroxyl groups is 1. The number of amides is 1. The number of hydrogen-bond acceptors (Lipinski definition) is 3. The normalized spacial score (nSPS) is 16.9. The third-order valence-electron chi connectivity index (χ3n) is 5.30. The molecule has 24 heavy (non-hydrogen) atoms. The molecule has 130 valence electrons. The maximum Gasteiger partial charge on any atom is 0.230 e. The van der Waals surface area contributed by atoms with Gasteiger partial charge in [-0.3, -0.25) is 10.1 Å². The van der Waals surface area contributed by atoms with Crippen LogP contribution in [0.25, 0.3) is 11.0 Å². The van der Waals surface area contributed by atoms with Crippen LogP contribution in [-0.4, -0.2) is 20.6 Å². The molecule has 1 aliphatic rings. The highest BCUT2D eigenvalue weighted by atomic mass is 16.3. The third kappa shape index (κ3) is 3.05. The second-order valence-corrected chi connectivity index (χ2v) is 7.95. The first-order valence-corrected chi connectivity index (χ1v) is 8.74. The van der Waals surface area contributed by atoms with Crippen LogP contribution in [0, 0.1) is 11.3 Å². The molecule has 1 aromatic carbocycles. The molecule has 1 aliphatic carbocycles. The minimum absolute atomic E-state index is 0.000705. The maximum atomic E-state index is 12.6. The van der Waals surface area contributed by atoms with Crippen LogP contribution in [0.4, 0.5) is 5.95 Å². The quantitative estimate of drug-likeness (QED) is 0.894. The number of fused-ring (bicyclic) bond motifs is 1. The summed E-state index contributed by atoms with van der Waals surface area (Å²) in [5.41, 5.74) is 2.62. The van der Waals surface area contributed by atoms with Crippen molar-refractivity contribution in [2.45, 2.75) is 59.6 Å². The Kier molecular flexibility index (Phi) is 4.38. The van der Waals surface area contributed by atoms with Crippen LogP contribution in [0.3, 0.4) is 0 Å². The van der Waals surface area contributed by atoms with Crippen molar-refractivity contribution < 1.29 is 9.90 Å². The van der Waals surface area contributed by atoms with Crippen LogP contribution in [0.5, 0.6) is 0 Å². The van der Waals surface area contributed by atoms with E-state index in [0.29, 0.717) is 12.0 Å². The summed E-state index contributed by atoms with van der Waals surface area (Å²) in [7, 11) is 0. The second kappa shape index (κ2) is 6.20. The molecule has 1 aromatic heterocycles. The highest BCUT2D eigenvalue weighted by molar-refractivity contribution is 5.93. The smallest absolute Gasteiger partial charge is 0.230 e. The number of anilines is 1. The average molecular weight is 329 g/mol. The largest absolute Gasteiger partial charge is 0.392 e. The molecule has 1 saturated carbocycles. The summed E-state index contributed by atoms with van der Waals surface area (Å²) < 4.78 is 2.14. The lowest BCUT2D eigenvalue weighted by atomic mass is 9.81. The Bertz CT molecular complexity index is 754. The third-order valence-corrected chi connectivity index (χ3v) is 5.30. The lowest BCUT2D eigenvalue weighted by molar-refractivity contribution is -0.122. The van der Waals surface area contributed by atoms with E-state index in [4.69, 9.17) is 0 Å². The Morgan fingerprint density at radius 2 is 2.12 bits per heavy atom. The van der Waals surface area contributed by atoms with Gasteiger partial charge in [-0.25, -0.2) is 4.98 Å². The molecule has 3 rings (SSSR count). The van der Waals surface area contributed by atoms with Crippen LogP contribution in [0.2, 0.25) is 0 Å². The molecule has 0 aliphatic heterocycles. The van der Waals surface area contributed by atoms with Crippen molar-refractivity contribution in [3.8, 4) is 0 Å². The molecule has 0 spiro atoms. The van der Waals surface area contributed by atoms with E-state index in [2.05, 4.69) is 35.6 Å². The van der Waals surface area contributed by atoms with Crippen molar-refractivity contribution in [1.29, 1.82) is 0 Å². The zero-order valence-electron chi connectivity index (χ0n) is 15.0. The predicted molar refractivity (Wildman–Crippen MR) is 95.8 cm³/mol. The lowest BCUT2D eigenvalue weighted by Gasteiger charge is -2.30. The first-order valence-electron chi connectivity index (χ1n) is 8.74. The van der Waals surface area contributed by atoms with Gasteiger partial charge in [0.15, 0.2) is 0 Å². The summed E-state index contributed by atoms with van der Waals surface area (Å²) >= 11 is 0. The maximum absolute atomic E-state index is 12.6. The van der Waals surface area contributed by atoms with E-state index < -0.39 is 0 Å². The fourth-order valence-corrected chi connectivity index (χ4v) is 2.95. The molecule has 0 saturated heterocycles. The molecule has 5 nitrogen and oxygen atoms in total. The van der Waals surface area contributed by atoms with Gasteiger partial charge in [0.25, 0.3) is 0 Å². The number of rotatable bonds is 4. The van der Waals surface area contributed by atoms with Gasteiger partial charge in [0.2, 0.25) is 11.9 Å².